The van der Waals surface area contributed by atoms with E-state index in [2.05, 4.69) is 5.10 Å². The van der Waals surface area contributed by atoms with Crippen molar-refractivity contribution in [1.29, 1.82) is 0 Å². The number of halogens is 4. The zero-order chi connectivity index (χ0) is 11.1. The van der Waals surface area contributed by atoms with Crippen molar-refractivity contribution < 1.29 is 21.6 Å². The van der Waals surface area contributed by atoms with Crippen molar-refractivity contribution in [1.82, 2.24) is 10.2 Å². The average Bonchev–Trinajstić information content (AvgIpc) is 2.26. The first kappa shape index (κ1) is 11.3. The molecule has 1 N–H and O–H groups in total. The standard InChI is InChI=1S/C5H4ClF3N2O2S/c1-14(12,13)4-2(6)3(10-11-4)5(7,8)9/h1H3,(H,10,11). The van der Waals surface area contributed by atoms with Gasteiger partial charge in [0.2, 0.25) is 0 Å². The van der Waals surface area contributed by atoms with Gasteiger partial charge in [-0.05, 0) is 0 Å². The zero-order valence-corrected chi connectivity index (χ0v) is 8.26. The van der Waals surface area contributed by atoms with Crippen molar-refractivity contribution in [2.45, 2.75) is 11.2 Å². The highest BCUT2D eigenvalue weighted by Gasteiger charge is 2.39. The molecule has 0 aromatic carbocycles. The predicted octanol–water partition coefficient (Wildman–Crippen LogP) is 1.49. The molecule has 0 amide bonds. The number of aromatic nitrogens is 2. The molecule has 1 aromatic rings. The Balaban J connectivity index is 3.37. The highest BCUT2D eigenvalue weighted by molar-refractivity contribution is 7.90. The quantitative estimate of drug-likeness (QED) is 0.819. The van der Waals surface area contributed by atoms with Crippen molar-refractivity contribution in [3.05, 3.63) is 10.7 Å². The van der Waals surface area contributed by atoms with Gasteiger partial charge in [-0.2, -0.15) is 18.3 Å². The second-order valence-electron chi connectivity index (χ2n) is 2.49. The summed E-state index contributed by atoms with van der Waals surface area (Å²) in [5.41, 5.74) is -1.43. The fourth-order valence-corrected chi connectivity index (χ4v) is 1.99. The highest BCUT2D eigenvalue weighted by Crippen LogP contribution is 2.35. The lowest BCUT2D eigenvalue weighted by molar-refractivity contribution is -0.141. The number of hydrogen-bond donors (Lipinski definition) is 1. The van der Waals surface area contributed by atoms with Crippen LogP contribution in [0.3, 0.4) is 0 Å². The zero-order valence-electron chi connectivity index (χ0n) is 6.68. The Bertz CT molecular complexity index is 450. The predicted molar refractivity (Wildman–Crippen MR) is 41.7 cm³/mol. The van der Waals surface area contributed by atoms with Crippen LogP contribution in [0.4, 0.5) is 13.2 Å². The number of sulfone groups is 1. The van der Waals surface area contributed by atoms with E-state index in [1.54, 1.807) is 5.10 Å². The summed E-state index contributed by atoms with van der Waals surface area (Å²) in [5, 5.41) is 2.86. The first-order chi connectivity index (χ1) is 6.14. The molecule has 0 bridgehead atoms. The van der Waals surface area contributed by atoms with E-state index in [-0.39, 0.29) is 0 Å². The summed E-state index contributed by atoms with van der Waals surface area (Å²) < 4.78 is 58.0. The molecule has 0 saturated heterocycles. The minimum absolute atomic E-state index is 0.729. The third-order valence-electron chi connectivity index (χ3n) is 1.32. The lowest BCUT2D eigenvalue weighted by Gasteiger charge is -2.01. The van der Waals surface area contributed by atoms with Crippen LogP contribution in [0.15, 0.2) is 5.03 Å². The Morgan fingerprint density at radius 3 is 2.14 bits per heavy atom. The molecule has 0 unspecified atom stereocenters. The lowest BCUT2D eigenvalue weighted by atomic mass is 10.4. The summed E-state index contributed by atoms with van der Waals surface area (Å²) >= 11 is 5.20. The Morgan fingerprint density at radius 2 is 1.93 bits per heavy atom. The van der Waals surface area contributed by atoms with Gasteiger partial charge in [0, 0.05) is 6.26 Å². The van der Waals surface area contributed by atoms with Gasteiger partial charge in [0.05, 0.1) is 0 Å². The molecule has 0 atom stereocenters. The van der Waals surface area contributed by atoms with Crippen molar-refractivity contribution >= 4 is 21.4 Å². The van der Waals surface area contributed by atoms with Crippen molar-refractivity contribution in [2.75, 3.05) is 6.26 Å². The van der Waals surface area contributed by atoms with E-state index in [0.29, 0.717) is 0 Å². The Kier molecular flexibility index (Phi) is 2.53. The van der Waals surface area contributed by atoms with Gasteiger partial charge in [0.25, 0.3) is 0 Å². The van der Waals surface area contributed by atoms with E-state index in [0.717, 1.165) is 6.26 Å². The van der Waals surface area contributed by atoms with Crippen LogP contribution in [0.1, 0.15) is 5.69 Å². The molecule has 4 nitrogen and oxygen atoms in total. The Hall–Kier alpha value is -0.760. The fourth-order valence-electron chi connectivity index (χ4n) is 0.746. The number of nitrogens with zero attached hydrogens (tertiary/aromatic N) is 1. The molecule has 0 aliphatic carbocycles. The van der Waals surface area contributed by atoms with Gasteiger partial charge in [-0.15, -0.1) is 0 Å². The van der Waals surface area contributed by atoms with E-state index >= 15 is 0 Å². The van der Waals surface area contributed by atoms with Crippen molar-refractivity contribution in [3.63, 3.8) is 0 Å². The van der Waals surface area contributed by atoms with E-state index in [9.17, 15) is 21.6 Å². The summed E-state index contributed by atoms with van der Waals surface area (Å²) in [6.07, 6.45) is -4.04. The number of aromatic amines is 1. The molecule has 0 aliphatic rings. The van der Waals surface area contributed by atoms with Crippen molar-refractivity contribution in [2.24, 2.45) is 0 Å². The Morgan fingerprint density at radius 1 is 1.43 bits per heavy atom. The summed E-state index contributed by atoms with van der Waals surface area (Å²) in [4.78, 5) is 0. The molecule has 1 heterocycles. The van der Waals surface area contributed by atoms with Crippen LogP contribution < -0.4 is 0 Å². The van der Waals surface area contributed by atoms with Crippen LogP contribution in [0.2, 0.25) is 5.02 Å². The minimum Gasteiger partial charge on any atom is -0.265 e. The van der Waals surface area contributed by atoms with Gasteiger partial charge in [0.15, 0.2) is 20.6 Å². The first-order valence-corrected chi connectivity index (χ1v) is 5.42. The van der Waals surface area contributed by atoms with Crippen LogP contribution in [-0.4, -0.2) is 24.9 Å². The van der Waals surface area contributed by atoms with Crippen LogP contribution in [-0.2, 0) is 16.0 Å². The molecular weight excluding hydrogens is 245 g/mol. The summed E-state index contributed by atoms with van der Waals surface area (Å²) in [5.74, 6) is 0. The van der Waals surface area contributed by atoms with Gasteiger partial charge < -0.3 is 0 Å². The summed E-state index contributed by atoms with van der Waals surface area (Å²) in [6, 6.07) is 0. The molecule has 9 heteroatoms. The molecule has 14 heavy (non-hydrogen) atoms. The normalized spacial score (nSPS) is 13.2. The van der Waals surface area contributed by atoms with Crippen molar-refractivity contribution in [3.8, 4) is 0 Å². The second-order valence-corrected chi connectivity index (χ2v) is 4.82. The van der Waals surface area contributed by atoms with Gasteiger partial charge >= 0.3 is 6.18 Å². The topological polar surface area (TPSA) is 62.8 Å². The maximum absolute atomic E-state index is 12.1. The average molecular weight is 249 g/mol. The molecule has 1 rings (SSSR count). The van der Waals surface area contributed by atoms with E-state index in [1.165, 1.54) is 0 Å². The summed E-state index contributed by atoms with van der Waals surface area (Å²) in [6.45, 7) is 0. The monoisotopic (exact) mass is 248 g/mol. The Labute approximate surface area is 82.0 Å². The molecule has 0 spiro atoms. The van der Waals surface area contributed by atoms with E-state index in [4.69, 9.17) is 11.6 Å². The molecule has 0 aliphatic heterocycles. The van der Waals surface area contributed by atoms with E-state index < -0.39 is 31.8 Å². The summed E-state index contributed by atoms with van der Waals surface area (Å²) in [7, 11) is -3.82. The molecule has 0 radical (unpaired) electrons. The third kappa shape index (κ3) is 2.01. The molecule has 80 valence electrons. The largest absolute Gasteiger partial charge is 0.436 e. The lowest BCUT2D eigenvalue weighted by Crippen LogP contribution is -2.06. The van der Waals surface area contributed by atoms with Gasteiger partial charge in [-0.25, -0.2) is 8.42 Å². The number of rotatable bonds is 1. The number of hydrogen-bond acceptors (Lipinski definition) is 3. The number of H-pyrrole nitrogens is 1. The molecular formula is C5H4ClF3N2O2S. The third-order valence-corrected chi connectivity index (χ3v) is 2.83. The van der Waals surface area contributed by atoms with Crippen LogP contribution in [0.5, 0.6) is 0 Å². The number of nitrogens with one attached hydrogen (secondary N) is 1. The number of alkyl halides is 3. The van der Waals surface area contributed by atoms with E-state index in [1.807, 2.05) is 0 Å². The van der Waals surface area contributed by atoms with Gasteiger partial charge in [0.1, 0.15) is 5.02 Å². The highest BCUT2D eigenvalue weighted by atomic mass is 35.5. The first-order valence-electron chi connectivity index (χ1n) is 3.15. The van der Waals surface area contributed by atoms with Gasteiger partial charge in [-0.3, -0.25) is 5.10 Å². The van der Waals surface area contributed by atoms with Gasteiger partial charge in [-0.1, -0.05) is 11.6 Å². The molecule has 0 saturated carbocycles. The maximum Gasteiger partial charge on any atom is 0.436 e. The second kappa shape index (κ2) is 3.13. The van der Waals surface area contributed by atoms with Crippen LogP contribution >= 0.6 is 11.6 Å². The van der Waals surface area contributed by atoms with Crippen LogP contribution in [0.25, 0.3) is 0 Å². The molecule has 1 aromatic heterocycles. The smallest absolute Gasteiger partial charge is 0.265 e. The minimum atomic E-state index is -4.77. The maximum atomic E-state index is 12.1. The molecule has 0 fully saturated rings. The fraction of sp³-hybridized carbons (Fsp3) is 0.400. The SMILES string of the molecule is CS(=O)(=O)c1[nH]nc(C(F)(F)F)c1Cl. The van der Waals surface area contributed by atoms with Crippen LogP contribution in [0, 0.1) is 0 Å².